The lowest BCUT2D eigenvalue weighted by Gasteiger charge is -2.12. The van der Waals surface area contributed by atoms with Crippen LogP contribution in [0.1, 0.15) is 33.7 Å². The lowest BCUT2D eigenvalue weighted by atomic mass is 9.96. The molecule has 3 heterocycles. The summed E-state index contributed by atoms with van der Waals surface area (Å²) in [5, 5.41) is 0. The Morgan fingerprint density at radius 1 is 1.04 bits per heavy atom. The first-order valence-electron chi connectivity index (χ1n) is 7.97. The second kappa shape index (κ2) is 4.59. The molecule has 0 radical (unpaired) electrons. The topological polar surface area (TPSA) is 34.6 Å². The number of nitrogens with zero attached hydrogens (tertiary/aromatic N) is 1. The van der Waals surface area contributed by atoms with Gasteiger partial charge in [0.05, 0.1) is 11.0 Å². The molecule has 0 N–H and O–H groups in total. The second-order valence-electron chi connectivity index (χ2n) is 6.10. The van der Waals surface area contributed by atoms with Crippen molar-refractivity contribution in [1.82, 2.24) is 4.40 Å². The maximum atomic E-state index is 12.6. The monoisotopic (exact) mass is 301 g/mol. The summed E-state index contributed by atoms with van der Waals surface area (Å²) in [5.74, 6) is 0.359. The van der Waals surface area contributed by atoms with Crippen LogP contribution in [0.4, 0.5) is 0 Å². The van der Waals surface area contributed by atoms with Gasteiger partial charge < -0.3 is 8.82 Å². The van der Waals surface area contributed by atoms with Gasteiger partial charge in [0.15, 0.2) is 11.3 Å². The summed E-state index contributed by atoms with van der Waals surface area (Å²) in [6.45, 7) is 0. The fraction of sp³-hybridized carbons (Fsp3) is 0.150. The zero-order valence-corrected chi connectivity index (χ0v) is 12.6. The van der Waals surface area contributed by atoms with Crippen molar-refractivity contribution in [1.29, 1.82) is 0 Å². The third-order valence-electron chi connectivity index (χ3n) is 4.74. The zero-order valence-electron chi connectivity index (χ0n) is 12.6. The van der Waals surface area contributed by atoms with E-state index in [1.165, 1.54) is 16.6 Å². The van der Waals surface area contributed by atoms with Crippen molar-refractivity contribution < 1.29 is 9.21 Å². The Kier molecular flexibility index (Phi) is 2.54. The molecule has 0 saturated heterocycles. The van der Waals surface area contributed by atoms with Gasteiger partial charge in [0, 0.05) is 23.4 Å². The van der Waals surface area contributed by atoms with E-state index >= 15 is 0 Å². The van der Waals surface area contributed by atoms with E-state index in [1.54, 1.807) is 0 Å². The summed E-state index contributed by atoms with van der Waals surface area (Å²) in [6.07, 6.45) is 5.31. The number of aryl methyl sites for hydroxylation is 2. The molecule has 0 saturated carbocycles. The van der Waals surface area contributed by atoms with Crippen molar-refractivity contribution >= 4 is 22.4 Å². The van der Waals surface area contributed by atoms with Crippen LogP contribution in [-0.4, -0.2) is 10.2 Å². The van der Waals surface area contributed by atoms with Gasteiger partial charge in [-0.15, -0.1) is 0 Å². The minimum absolute atomic E-state index is 0.0604. The maximum absolute atomic E-state index is 12.6. The van der Waals surface area contributed by atoms with Crippen LogP contribution in [-0.2, 0) is 12.8 Å². The van der Waals surface area contributed by atoms with Crippen molar-refractivity contribution in [3.05, 3.63) is 77.2 Å². The van der Waals surface area contributed by atoms with E-state index in [9.17, 15) is 4.79 Å². The van der Waals surface area contributed by atoms with Crippen molar-refractivity contribution in [2.75, 3.05) is 0 Å². The van der Waals surface area contributed by atoms with Crippen LogP contribution < -0.4 is 0 Å². The zero-order chi connectivity index (χ0) is 15.4. The van der Waals surface area contributed by atoms with E-state index < -0.39 is 0 Å². The van der Waals surface area contributed by atoms with Crippen LogP contribution in [0, 0.1) is 0 Å². The van der Waals surface area contributed by atoms with E-state index in [0.29, 0.717) is 11.3 Å². The fourth-order valence-electron chi connectivity index (χ4n) is 3.71. The summed E-state index contributed by atoms with van der Waals surface area (Å²) in [4.78, 5) is 12.6. The lowest BCUT2D eigenvalue weighted by molar-refractivity contribution is 0.101. The maximum Gasteiger partial charge on any atom is 0.228 e. The van der Waals surface area contributed by atoms with Crippen LogP contribution >= 0.6 is 0 Å². The van der Waals surface area contributed by atoms with E-state index in [-0.39, 0.29) is 5.78 Å². The van der Waals surface area contributed by atoms with Crippen molar-refractivity contribution in [3.8, 4) is 0 Å². The molecule has 0 bridgehead atoms. The molecule has 0 fully saturated rings. The molecule has 3 aromatic heterocycles. The van der Waals surface area contributed by atoms with Gasteiger partial charge in [-0.3, -0.25) is 4.79 Å². The Morgan fingerprint density at radius 3 is 2.78 bits per heavy atom. The van der Waals surface area contributed by atoms with Crippen LogP contribution in [0.5, 0.6) is 0 Å². The average Bonchev–Trinajstić information content (AvgIpc) is 3.16. The number of hydrogen-bond donors (Lipinski definition) is 0. The predicted octanol–water partition coefficient (Wildman–Crippen LogP) is 4.41. The van der Waals surface area contributed by atoms with Gasteiger partial charge in [0.2, 0.25) is 5.78 Å². The molecule has 0 unspecified atom stereocenters. The second-order valence-corrected chi connectivity index (χ2v) is 6.10. The highest BCUT2D eigenvalue weighted by Gasteiger charge is 2.24. The van der Waals surface area contributed by atoms with Gasteiger partial charge in [-0.2, -0.15) is 0 Å². The highest BCUT2D eigenvalue weighted by atomic mass is 16.3. The number of aromatic nitrogens is 1. The minimum atomic E-state index is -0.0604. The Morgan fingerprint density at radius 2 is 1.91 bits per heavy atom. The van der Waals surface area contributed by atoms with Gasteiger partial charge >= 0.3 is 0 Å². The molecule has 1 aliphatic carbocycles. The van der Waals surface area contributed by atoms with Crippen molar-refractivity contribution in [2.24, 2.45) is 0 Å². The third-order valence-corrected chi connectivity index (χ3v) is 4.74. The Balaban J connectivity index is 1.75. The van der Waals surface area contributed by atoms with E-state index in [4.69, 9.17) is 4.42 Å². The number of carbonyl (C=O) groups is 1. The summed E-state index contributed by atoms with van der Waals surface area (Å²) < 4.78 is 8.18. The van der Waals surface area contributed by atoms with Gasteiger partial charge in [0.25, 0.3) is 0 Å². The van der Waals surface area contributed by atoms with Gasteiger partial charge in [-0.1, -0.05) is 36.4 Å². The molecular weight excluding hydrogens is 286 g/mol. The van der Waals surface area contributed by atoms with E-state index in [1.807, 2.05) is 36.4 Å². The number of hydrogen-bond acceptors (Lipinski definition) is 2. The largest absolute Gasteiger partial charge is 0.451 e. The molecule has 112 valence electrons. The number of rotatable bonds is 2. The molecule has 3 heteroatoms. The molecule has 1 aromatic carbocycles. The molecular formula is C20H15NO2. The third kappa shape index (κ3) is 1.73. The predicted molar refractivity (Wildman–Crippen MR) is 89.1 cm³/mol. The van der Waals surface area contributed by atoms with Crippen LogP contribution in [0.15, 0.2) is 59.1 Å². The fourth-order valence-corrected chi connectivity index (χ4v) is 3.71. The van der Waals surface area contributed by atoms with Crippen LogP contribution in [0.3, 0.4) is 0 Å². The molecule has 0 atom stereocenters. The first kappa shape index (κ1) is 12.7. The molecule has 0 spiro atoms. The molecule has 23 heavy (non-hydrogen) atoms. The Bertz CT molecular complexity index is 1050. The molecule has 1 aliphatic rings. The first-order valence-corrected chi connectivity index (χ1v) is 7.97. The minimum Gasteiger partial charge on any atom is -0.451 e. The summed E-state index contributed by atoms with van der Waals surface area (Å²) in [5.41, 5.74) is 6.42. The number of pyridine rings is 1. The smallest absolute Gasteiger partial charge is 0.228 e. The number of fused-ring (bicyclic) bond motifs is 3. The number of benzene rings is 1. The quantitative estimate of drug-likeness (QED) is 0.514. The van der Waals surface area contributed by atoms with Crippen LogP contribution in [0.2, 0.25) is 0 Å². The molecule has 0 aliphatic heterocycles. The summed E-state index contributed by atoms with van der Waals surface area (Å²) in [6, 6.07) is 15.4. The molecule has 0 amide bonds. The highest BCUT2D eigenvalue weighted by molar-refractivity contribution is 6.09. The lowest BCUT2D eigenvalue weighted by Crippen LogP contribution is -2.02. The number of ketones is 1. The summed E-state index contributed by atoms with van der Waals surface area (Å²) in [7, 11) is 0. The normalized spacial score (nSPS) is 13.7. The van der Waals surface area contributed by atoms with Crippen molar-refractivity contribution in [3.63, 3.8) is 0 Å². The highest BCUT2D eigenvalue weighted by Crippen LogP contribution is 2.36. The average molecular weight is 301 g/mol. The Hall–Kier alpha value is -2.81. The van der Waals surface area contributed by atoms with Gasteiger partial charge in [-0.25, -0.2) is 0 Å². The van der Waals surface area contributed by atoms with Crippen molar-refractivity contribution in [2.45, 2.75) is 19.3 Å². The molecule has 3 nitrogen and oxygen atoms in total. The Labute approximate surface area is 133 Å². The van der Waals surface area contributed by atoms with Gasteiger partial charge in [-0.05, 0) is 30.9 Å². The van der Waals surface area contributed by atoms with Crippen LogP contribution in [0.25, 0.3) is 16.6 Å². The standard InChI is InChI=1S/C20H15NO2/c22-19(14-6-2-1-3-7-14)17-12-16-20(23-17)15-10-4-8-13-9-5-11-21(16)18(13)15/h1-3,5-7,9,11-12H,4,8,10H2. The number of furan rings is 1. The SMILES string of the molecule is O=C(c1ccccc1)c1cc2c(o1)c1c3c(cccn32)CCC1. The van der Waals surface area contributed by atoms with E-state index in [2.05, 4.69) is 22.7 Å². The van der Waals surface area contributed by atoms with E-state index in [0.717, 1.165) is 30.4 Å². The molecule has 5 rings (SSSR count). The summed E-state index contributed by atoms with van der Waals surface area (Å²) >= 11 is 0. The van der Waals surface area contributed by atoms with Gasteiger partial charge in [0.1, 0.15) is 0 Å². The molecule has 4 aromatic rings. The first-order chi connectivity index (χ1) is 11.3. The number of carbonyl (C=O) groups excluding carboxylic acids is 1.